The average Bonchev–Trinajstić information content (AvgIpc) is 3.04. The summed E-state index contributed by atoms with van der Waals surface area (Å²) in [6.07, 6.45) is 1.74. The van der Waals surface area contributed by atoms with Gasteiger partial charge in [0, 0.05) is 25.4 Å². The lowest BCUT2D eigenvalue weighted by atomic mass is 10.3. The molecule has 0 saturated heterocycles. The number of hydrogen-bond acceptors (Lipinski definition) is 8. The Kier molecular flexibility index (Phi) is 5.93. The van der Waals surface area contributed by atoms with E-state index in [1.165, 1.54) is 19.2 Å². The molecule has 0 radical (unpaired) electrons. The third kappa shape index (κ3) is 4.30. The summed E-state index contributed by atoms with van der Waals surface area (Å²) in [6, 6.07) is 8.62. The fourth-order valence-electron chi connectivity index (χ4n) is 2.50. The maximum Gasteiger partial charge on any atom is 0.284 e. The lowest BCUT2D eigenvalue weighted by molar-refractivity contribution is -0.388. The molecule has 0 spiro atoms. The molecule has 10 nitrogen and oxygen atoms in total. The molecule has 148 valence electrons. The normalized spacial score (nSPS) is 12.9. The van der Waals surface area contributed by atoms with Crippen LogP contribution in [0.15, 0.2) is 57.5 Å². The molecule has 0 fully saturated rings. The first-order valence-electron chi connectivity index (χ1n) is 8.09. The molecular formula is C16H17N5O5S2. The number of hydrogen-bond donors (Lipinski definition) is 1. The van der Waals surface area contributed by atoms with Gasteiger partial charge in [-0.3, -0.25) is 14.5 Å². The smallest absolute Gasteiger partial charge is 0.284 e. The number of nitro benzene ring substituents is 1. The van der Waals surface area contributed by atoms with E-state index in [0.717, 1.165) is 17.8 Å². The van der Waals surface area contributed by atoms with Crippen molar-refractivity contribution in [2.45, 2.75) is 27.9 Å². The highest BCUT2D eigenvalue weighted by atomic mass is 32.2. The Hall–Kier alpha value is -2.54. The predicted molar refractivity (Wildman–Crippen MR) is 102 cm³/mol. The van der Waals surface area contributed by atoms with Gasteiger partial charge < -0.3 is 4.74 Å². The Morgan fingerprint density at radius 1 is 1.32 bits per heavy atom. The van der Waals surface area contributed by atoms with Gasteiger partial charge in [-0.1, -0.05) is 6.07 Å². The predicted octanol–water partition coefficient (Wildman–Crippen LogP) is 2.10. The van der Waals surface area contributed by atoms with Crippen LogP contribution in [0.25, 0.3) is 5.65 Å². The van der Waals surface area contributed by atoms with Gasteiger partial charge in [0.1, 0.15) is 0 Å². The molecule has 0 unspecified atom stereocenters. The average molecular weight is 423 g/mol. The molecule has 28 heavy (non-hydrogen) atoms. The zero-order valence-electron chi connectivity index (χ0n) is 15.0. The minimum Gasteiger partial charge on any atom is -0.383 e. The van der Waals surface area contributed by atoms with E-state index in [4.69, 9.17) is 4.74 Å². The van der Waals surface area contributed by atoms with Crippen LogP contribution >= 0.6 is 11.8 Å². The number of nitro groups is 1. The molecule has 2 heterocycles. The van der Waals surface area contributed by atoms with E-state index < -0.39 is 21.0 Å². The number of nitrogens with one attached hydrogen (secondary N) is 1. The molecule has 0 aliphatic carbocycles. The summed E-state index contributed by atoms with van der Waals surface area (Å²) in [5, 5.41) is 20.0. The first kappa shape index (κ1) is 20.2. The number of fused-ring (bicyclic) bond motifs is 1. The highest BCUT2D eigenvalue weighted by molar-refractivity contribution is 7.99. The van der Waals surface area contributed by atoms with Gasteiger partial charge in [-0.25, -0.2) is 13.1 Å². The van der Waals surface area contributed by atoms with Gasteiger partial charge in [-0.05, 0) is 43.0 Å². The molecule has 2 aromatic heterocycles. The first-order chi connectivity index (χ1) is 13.3. The van der Waals surface area contributed by atoms with Crippen LogP contribution in [0.3, 0.4) is 0 Å². The Morgan fingerprint density at radius 2 is 2.11 bits per heavy atom. The van der Waals surface area contributed by atoms with E-state index in [0.29, 0.717) is 10.8 Å². The van der Waals surface area contributed by atoms with Gasteiger partial charge in [0.15, 0.2) is 5.65 Å². The summed E-state index contributed by atoms with van der Waals surface area (Å²) in [7, 11) is -2.47. The van der Waals surface area contributed by atoms with Crippen molar-refractivity contribution in [3.8, 4) is 0 Å². The quantitative estimate of drug-likeness (QED) is 0.431. The molecule has 0 saturated carbocycles. The molecule has 3 rings (SSSR count). The van der Waals surface area contributed by atoms with Crippen LogP contribution in [0.4, 0.5) is 5.69 Å². The first-order valence-corrected chi connectivity index (χ1v) is 10.4. The SMILES string of the molecule is COC[C@H](C)NS(=O)(=O)c1ccc(Sc2nnc3ccccn23)c([N+](=O)[O-])c1. The molecule has 0 aliphatic heterocycles. The van der Waals surface area contributed by atoms with Gasteiger partial charge >= 0.3 is 0 Å². The molecule has 1 atom stereocenters. The molecule has 12 heteroatoms. The second kappa shape index (κ2) is 8.22. The monoisotopic (exact) mass is 423 g/mol. The largest absolute Gasteiger partial charge is 0.383 e. The maximum atomic E-state index is 12.5. The Bertz CT molecular complexity index is 1120. The number of benzene rings is 1. The van der Waals surface area contributed by atoms with Crippen LogP contribution < -0.4 is 4.72 Å². The van der Waals surface area contributed by atoms with Crippen LogP contribution in [0, 0.1) is 10.1 Å². The fourth-order valence-corrected chi connectivity index (χ4v) is 4.65. The van der Waals surface area contributed by atoms with Gasteiger partial charge in [-0.15, -0.1) is 10.2 Å². The number of rotatable bonds is 8. The van der Waals surface area contributed by atoms with Crippen molar-refractivity contribution in [1.82, 2.24) is 19.3 Å². The summed E-state index contributed by atoms with van der Waals surface area (Å²) in [5.74, 6) is 0. The van der Waals surface area contributed by atoms with E-state index in [1.54, 1.807) is 35.7 Å². The van der Waals surface area contributed by atoms with Gasteiger partial charge in [0.05, 0.1) is 21.3 Å². The number of pyridine rings is 1. The summed E-state index contributed by atoms with van der Waals surface area (Å²) in [4.78, 5) is 11.0. The minimum absolute atomic E-state index is 0.176. The van der Waals surface area contributed by atoms with Crippen molar-refractivity contribution in [3.63, 3.8) is 0 Å². The van der Waals surface area contributed by atoms with Crippen molar-refractivity contribution in [1.29, 1.82) is 0 Å². The van der Waals surface area contributed by atoms with Crippen LogP contribution in [0.1, 0.15) is 6.92 Å². The summed E-state index contributed by atoms with van der Waals surface area (Å²) < 4.78 is 34.0. The zero-order valence-corrected chi connectivity index (χ0v) is 16.6. The van der Waals surface area contributed by atoms with Crippen LogP contribution in [0.2, 0.25) is 0 Å². The van der Waals surface area contributed by atoms with E-state index in [1.807, 2.05) is 0 Å². The van der Waals surface area contributed by atoms with E-state index >= 15 is 0 Å². The molecule has 1 aromatic carbocycles. The number of aromatic nitrogens is 3. The number of nitrogens with zero attached hydrogens (tertiary/aromatic N) is 4. The molecule has 0 bridgehead atoms. The maximum absolute atomic E-state index is 12.5. The number of ether oxygens (including phenoxy) is 1. The highest BCUT2D eigenvalue weighted by Crippen LogP contribution is 2.35. The van der Waals surface area contributed by atoms with Crippen molar-refractivity contribution in [2.75, 3.05) is 13.7 Å². The lowest BCUT2D eigenvalue weighted by Gasteiger charge is -2.13. The highest BCUT2D eigenvalue weighted by Gasteiger charge is 2.24. The Labute approximate surface area is 165 Å². The van der Waals surface area contributed by atoms with Crippen LogP contribution in [-0.4, -0.2) is 47.7 Å². The van der Waals surface area contributed by atoms with Gasteiger partial charge in [0.2, 0.25) is 15.2 Å². The third-order valence-corrected chi connectivity index (χ3v) is 6.31. The second-order valence-corrected chi connectivity index (χ2v) is 8.60. The number of methoxy groups -OCH3 is 1. The van der Waals surface area contributed by atoms with Crippen LogP contribution in [-0.2, 0) is 14.8 Å². The fraction of sp³-hybridized carbons (Fsp3) is 0.250. The van der Waals surface area contributed by atoms with Gasteiger partial charge in [0.25, 0.3) is 5.69 Å². The second-order valence-electron chi connectivity index (χ2n) is 5.88. The van der Waals surface area contributed by atoms with Crippen molar-refractivity contribution in [3.05, 3.63) is 52.7 Å². The molecule has 0 amide bonds. The van der Waals surface area contributed by atoms with E-state index in [2.05, 4.69) is 14.9 Å². The molecule has 0 aliphatic rings. The minimum atomic E-state index is -3.93. The Morgan fingerprint density at radius 3 is 2.82 bits per heavy atom. The summed E-state index contributed by atoms with van der Waals surface area (Å²) in [6.45, 7) is 1.81. The molecular weight excluding hydrogens is 406 g/mol. The van der Waals surface area contributed by atoms with Crippen LogP contribution in [0.5, 0.6) is 0 Å². The standard InChI is InChI=1S/C16H17N5O5S2/c1-11(10-26-2)19-28(24,25)12-6-7-14(13(9-12)21(22)23)27-16-18-17-15-5-3-4-8-20(15)16/h3-9,11,19H,10H2,1-2H3/t11-/m0/s1. The Balaban J connectivity index is 1.94. The number of sulfonamides is 1. The molecule has 1 N–H and O–H groups in total. The van der Waals surface area contributed by atoms with Gasteiger partial charge in [-0.2, -0.15) is 0 Å². The lowest BCUT2D eigenvalue weighted by Crippen LogP contribution is -2.35. The zero-order chi connectivity index (χ0) is 20.3. The van der Waals surface area contributed by atoms with Crippen molar-refractivity contribution >= 4 is 33.1 Å². The topological polar surface area (TPSA) is 129 Å². The third-order valence-electron chi connectivity index (χ3n) is 3.69. The van der Waals surface area contributed by atoms with Crippen molar-refractivity contribution < 1.29 is 18.1 Å². The summed E-state index contributed by atoms with van der Waals surface area (Å²) in [5.41, 5.74) is 0.267. The summed E-state index contributed by atoms with van der Waals surface area (Å²) >= 11 is 1.03. The van der Waals surface area contributed by atoms with E-state index in [9.17, 15) is 18.5 Å². The van der Waals surface area contributed by atoms with Crippen molar-refractivity contribution in [2.24, 2.45) is 0 Å². The molecule has 3 aromatic rings. The van der Waals surface area contributed by atoms with E-state index in [-0.39, 0.29) is 22.1 Å².